The minimum absolute atomic E-state index is 0.264. The summed E-state index contributed by atoms with van der Waals surface area (Å²) < 4.78 is 0. The van der Waals surface area contributed by atoms with Gasteiger partial charge in [-0.05, 0) is 42.3 Å². The predicted octanol–water partition coefficient (Wildman–Crippen LogP) is 4.64. The van der Waals surface area contributed by atoms with E-state index in [-0.39, 0.29) is 6.04 Å². The highest BCUT2D eigenvalue weighted by Crippen LogP contribution is 2.32. The zero-order valence-electron chi connectivity index (χ0n) is 11.0. The lowest BCUT2D eigenvalue weighted by Gasteiger charge is -2.21. The van der Waals surface area contributed by atoms with Crippen molar-refractivity contribution in [1.29, 1.82) is 0 Å². The summed E-state index contributed by atoms with van der Waals surface area (Å²) in [5, 5.41) is 8.31. The van der Waals surface area contributed by atoms with Gasteiger partial charge >= 0.3 is 0 Å². The Morgan fingerprint density at radius 2 is 1.95 bits per heavy atom. The Balaban J connectivity index is 1.90. The van der Waals surface area contributed by atoms with Gasteiger partial charge in [0.2, 0.25) is 0 Å². The van der Waals surface area contributed by atoms with E-state index in [4.69, 9.17) is 23.2 Å². The lowest BCUT2D eigenvalue weighted by molar-refractivity contribution is 0.637. The van der Waals surface area contributed by atoms with Crippen LogP contribution in [0.15, 0.2) is 42.5 Å². The van der Waals surface area contributed by atoms with Gasteiger partial charge < -0.3 is 10.6 Å². The number of halogens is 2. The number of hydrogen-bond donors (Lipinski definition) is 2. The molecule has 0 radical (unpaired) electrons. The molecule has 1 aliphatic rings. The first-order chi connectivity index (χ1) is 9.74. The molecule has 0 saturated heterocycles. The van der Waals surface area contributed by atoms with Gasteiger partial charge in [0.05, 0.1) is 16.8 Å². The molecule has 0 aromatic heterocycles. The Labute approximate surface area is 129 Å². The van der Waals surface area contributed by atoms with E-state index in [2.05, 4.69) is 34.9 Å². The van der Waals surface area contributed by atoms with Crippen LogP contribution < -0.4 is 10.6 Å². The van der Waals surface area contributed by atoms with Crippen LogP contribution >= 0.6 is 23.2 Å². The van der Waals surface area contributed by atoms with Crippen molar-refractivity contribution in [3.63, 3.8) is 0 Å². The Morgan fingerprint density at radius 1 is 1.10 bits per heavy atom. The molecule has 20 heavy (non-hydrogen) atoms. The molecule has 2 nitrogen and oxygen atoms in total. The Bertz CT molecular complexity index is 613. The molecule has 1 atom stereocenters. The van der Waals surface area contributed by atoms with Crippen LogP contribution in [0.4, 0.5) is 5.69 Å². The standard InChI is InChI=1S/C16H16Cl2N2/c17-12-5-6-16(14(18)9-12)20-15-7-8-19-10-11-3-1-2-4-13(11)15/h1-6,9,15,19-20H,7-8,10H2. The minimum atomic E-state index is 0.264. The third-order valence-corrected chi connectivity index (χ3v) is 4.16. The number of rotatable bonds is 2. The van der Waals surface area contributed by atoms with Gasteiger partial charge in [-0.15, -0.1) is 0 Å². The molecular formula is C16H16Cl2N2. The van der Waals surface area contributed by atoms with Crippen molar-refractivity contribution in [2.24, 2.45) is 0 Å². The maximum Gasteiger partial charge on any atom is 0.0652 e. The molecule has 0 saturated carbocycles. The van der Waals surface area contributed by atoms with Crippen molar-refractivity contribution in [3.8, 4) is 0 Å². The highest BCUT2D eigenvalue weighted by atomic mass is 35.5. The summed E-state index contributed by atoms with van der Waals surface area (Å²) >= 11 is 12.2. The maximum absolute atomic E-state index is 6.25. The molecule has 2 aromatic carbocycles. The van der Waals surface area contributed by atoms with Crippen molar-refractivity contribution < 1.29 is 0 Å². The van der Waals surface area contributed by atoms with E-state index in [0.717, 1.165) is 25.2 Å². The fourth-order valence-electron chi connectivity index (χ4n) is 2.60. The van der Waals surface area contributed by atoms with E-state index in [1.54, 1.807) is 6.07 Å². The molecule has 0 aliphatic carbocycles. The van der Waals surface area contributed by atoms with Crippen LogP contribution in [-0.4, -0.2) is 6.54 Å². The second-order valence-corrected chi connectivity index (χ2v) is 5.83. The fourth-order valence-corrected chi connectivity index (χ4v) is 3.07. The summed E-state index contributed by atoms with van der Waals surface area (Å²) in [4.78, 5) is 0. The van der Waals surface area contributed by atoms with Crippen molar-refractivity contribution in [1.82, 2.24) is 5.32 Å². The maximum atomic E-state index is 6.25. The molecule has 1 aliphatic heterocycles. The molecule has 1 unspecified atom stereocenters. The lowest BCUT2D eigenvalue weighted by atomic mass is 9.99. The monoisotopic (exact) mass is 306 g/mol. The zero-order chi connectivity index (χ0) is 13.9. The van der Waals surface area contributed by atoms with Crippen molar-refractivity contribution in [3.05, 3.63) is 63.6 Å². The smallest absolute Gasteiger partial charge is 0.0652 e. The van der Waals surface area contributed by atoms with E-state index < -0.39 is 0 Å². The third kappa shape index (κ3) is 2.93. The quantitative estimate of drug-likeness (QED) is 0.844. The van der Waals surface area contributed by atoms with E-state index in [1.807, 2.05) is 12.1 Å². The second-order valence-electron chi connectivity index (χ2n) is 4.99. The molecule has 4 heteroatoms. The molecule has 0 bridgehead atoms. The summed E-state index contributed by atoms with van der Waals surface area (Å²) in [5.74, 6) is 0. The molecule has 0 spiro atoms. The normalized spacial score (nSPS) is 18.2. The first kappa shape index (κ1) is 13.7. The van der Waals surface area contributed by atoms with Gasteiger partial charge in [0.1, 0.15) is 0 Å². The third-order valence-electron chi connectivity index (χ3n) is 3.62. The minimum Gasteiger partial charge on any atom is -0.377 e. The van der Waals surface area contributed by atoms with Crippen LogP contribution in [0, 0.1) is 0 Å². The molecular weight excluding hydrogens is 291 g/mol. The Morgan fingerprint density at radius 3 is 2.80 bits per heavy atom. The van der Waals surface area contributed by atoms with Crippen LogP contribution in [0.25, 0.3) is 0 Å². The molecule has 0 fully saturated rings. The molecule has 0 amide bonds. The largest absolute Gasteiger partial charge is 0.377 e. The van der Waals surface area contributed by atoms with Gasteiger partial charge in [-0.1, -0.05) is 47.5 Å². The summed E-state index contributed by atoms with van der Waals surface area (Å²) in [6.45, 7) is 1.90. The summed E-state index contributed by atoms with van der Waals surface area (Å²) in [6, 6.07) is 14.4. The van der Waals surface area contributed by atoms with Crippen LogP contribution in [0.3, 0.4) is 0 Å². The highest BCUT2D eigenvalue weighted by Gasteiger charge is 2.18. The van der Waals surface area contributed by atoms with Crippen LogP contribution in [0.1, 0.15) is 23.6 Å². The Hall–Kier alpha value is -1.22. The predicted molar refractivity (Wildman–Crippen MR) is 85.6 cm³/mol. The molecule has 2 aromatic rings. The SMILES string of the molecule is Clc1ccc(NC2CCNCc3ccccc32)c(Cl)c1. The highest BCUT2D eigenvalue weighted by molar-refractivity contribution is 6.36. The lowest BCUT2D eigenvalue weighted by Crippen LogP contribution is -2.15. The van der Waals surface area contributed by atoms with E-state index in [1.165, 1.54) is 11.1 Å². The topological polar surface area (TPSA) is 24.1 Å². The Kier molecular flexibility index (Phi) is 4.16. The van der Waals surface area contributed by atoms with E-state index in [9.17, 15) is 0 Å². The average Bonchev–Trinajstić information content (AvgIpc) is 2.65. The molecule has 1 heterocycles. The van der Waals surface area contributed by atoms with Crippen LogP contribution in [0.2, 0.25) is 10.0 Å². The van der Waals surface area contributed by atoms with E-state index >= 15 is 0 Å². The van der Waals surface area contributed by atoms with Gasteiger partial charge in [0, 0.05) is 11.6 Å². The number of hydrogen-bond acceptors (Lipinski definition) is 2. The summed E-state index contributed by atoms with van der Waals surface area (Å²) in [7, 11) is 0. The van der Waals surface area contributed by atoms with Crippen molar-refractivity contribution in [2.45, 2.75) is 19.0 Å². The number of fused-ring (bicyclic) bond motifs is 1. The van der Waals surface area contributed by atoms with Gasteiger partial charge in [0.25, 0.3) is 0 Å². The molecule has 3 rings (SSSR count). The molecule has 2 N–H and O–H groups in total. The van der Waals surface area contributed by atoms with Crippen LogP contribution in [0.5, 0.6) is 0 Å². The van der Waals surface area contributed by atoms with Crippen molar-refractivity contribution >= 4 is 28.9 Å². The number of anilines is 1. The molecule has 104 valence electrons. The number of nitrogens with one attached hydrogen (secondary N) is 2. The first-order valence-electron chi connectivity index (χ1n) is 6.74. The summed E-state index contributed by atoms with van der Waals surface area (Å²) in [6.07, 6.45) is 1.02. The van der Waals surface area contributed by atoms with Gasteiger partial charge in [-0.2, -0.15) is 0 Å². The van der Waals surface area contributed by atoms with Gasteiger partial charge in [0.15, 0.2) is 0 Å². The average molecular weight is 307 g/mol. The van der Waals surface area contributed by atoms with E-state index in [0.29, 0.717) is 10.0 Å². The van der Waals surface area contributed by atoms with Gasteiger partial charge in [-0.3, -0.25) is 0 Å². The fraction of sp³-hybridized carbons (Fsp3) is 0.250. The van der Waals surface area contributed by atoms with Gasteiger partial charge in [-0.25, -0.2) is 0 Å². The second kappa shape index (κ2) is 6.04. The number of benzene rings is 2. The first-order valence-corrected chi connectivity index (χ1v) is 7.50. The summed E-state index contributed by atoms with van der Waals surface area (Å²) in [5.41, 5.74) is 3.61. The van der Waals surface area contributed by atoms with Crippen molar-refractivity contribution in [2.75, 3.05) is 11.9 Å². The zero-order valence-corrected chi connectivity index (χ0v) is 12.5. The van der Waals surface area contributed by atoms with Crippen LogP contribution in [-0.2, 0) is 6.54 Å².